The fourth-order valence-electron chi connectivity index (χ4n) is 2.87. The van der Waals surface area contributed by atoms with E-state index in [2.05, 4.69) is 9.71 Å². The Bertz CT molecular complexity index is 1180. The van der Waals surface area contributed by atoms with Crippen molar-refractivity contribution in [1.29, 1.82) is 0 Å². The van der Waals surface area contributed by atoms with E-state index in [1.807, 2.05) is 38.1 Å². The van der Waals surface area contributed by atoms with Gasteiger partial charge in [-0.05, 0) is 53.4 Å². The second kappa shape index (κ2) is 9.72. The monoisotopic (exact) mass is 476 g/mol. The summed E-state index contributed by atoms with van der Waals surface area (Å²) in [4.78, 5) is 15.7. The first-order chi connectivity index (χ1) is 14.7. The molecule has 2 N–H and O–H groups in total. The third kappa shape index (κ3) is 6.00. The first-order valence-corrected chi connectivity index (χ1v) is 12.2. The molecule has 2 aromatic carbocycles. The SMILES string of the molecule is CC(C)c1ccc(S(=O)(=O)Nc2ccc(SCc3ccc(Cl)cc3)nc2)cc1C(=O)O. The Morgan fingerprint density at radius 1 is 1.13 bits per heavy atom. The number of rotatable bonds is 8. The summed E-state index contributed by atoms with van der Waals surface area (Å²) in [6.07, 6.45) is 1.43. The third-order valence-electron chi connectivity index (χ3n) is 4.48. The Balaban J connectivity index is 1.72. The van der Waals surface area contributed by atoms with E-state index in [9.17, 15) is 18.3 Å². The summed E-state index contributed by atoms with van der Waals surface area (Å²) in [5.41, 5.74) is 1.95. The fourth-order valence-corrected chi connectivity index (χ4v) is 4.86. The number of halogens is 1. The summed E-state index contributed by atoms with van der Waals surface area (Å²) >= 11 is 7.40. The summed E-state index contributed by atoms with van der Waals surface area (Å²) in [6, 6.07) is 15.0. The molecule has 9 heteroatoms. The van der Waals surface area contributed by atoms with Crippen molar-refractivity contribution in [3.05, 3.63) is 82.5 Å². The van der Waals surface area contributed by atoms with E-state index in [1.54, 1.807) is 12.1 Å². The maximum atomic E-state index is 12.7. The molecule has 0 aliphatic heterocycles. The van der Waals surface area contributed by atoms with E-state index in [4.69, 9.17) is 11.6 Å². The second-order valence-electron chi connectivity index (χ2n) is 7.11. The molecule has 0 saturated carbocycles. The second-order valence-corrected chi connectivity index (χ2v) is 10.2. The first-order valence-electron chi connectivity index (χ1n) is 9.39. The van der Waals surface area contributed by atoms with Crippen LogP contribution in [0.25, 0.3) is 0 Å². The zero-order chi connectivity index (χ0) is 22.6. The molecule has 1 aromatic heterocycles. The Kier molecular flexibility index (Phi) is 7.25. The highest BCUT2D eigenvalue weighted by Crippen LogP contribution is 2.26. The predicted octanol–water partition coefficient (Wildman–Crippen LogP) is 5.65. The van der Waals surface area contributed by atoms with Crippen LogP contribution in [0.15, 0.2) is 70.7 Å². The molecule has 0 atom stereocenters. The van der Waals surface area contributed by atoms with Crippen molar-refractivity contribution >= 4 is 45.0 Å². The summed E-state index contributed by atoms with van der Waals surface area (Å²) in [7, 11) is -3.96. The lowest BCUT2D eigenvalue weighted by Gasteiger charge is -2.13. The molecule has 6 nitrogen and oxygen atoms in total. The van der Waals surface area contributed by atoms with Crippen molar-refractivity contribution in [2.75, 3.05) is 4.72 Å². The lowest BCUT2D eigenvalue weighted by molar-refractivity contribution is 0.0695. The van der Waals surface area contributed by atoms with Crippen molar-refractivity contribution in [2.24, 2.45) is 0 Å². The summed E-state index contributed by atoms with van der Waals surface area (Å²) in [6.45, 7) is 3.71. The number of thioether (sulfide) groups is 1. The number of carbonyl (C=O) groups is 1. The van der Waals surface area contributed by atoms with Gasteiger partial charge in [0.25, 0.3) is 10.0 Å². The van der Waals surface area contributed by atoms with Crippen LogP contribution < -0.4 is 4.72 Å². The van der Waals surface area contributed by atoms with Gasteiger partial charge in [-0.15, -0.1) is 11.8 Å². The molecule has 0 aliphatic carbocycles. The maximum absolute atomic E-state index is 12.7. The Morgan fingerprint density at radius 2 is 1.84 bits per heavy atom. The number of benzene rings is 2. The van der Waals surface area contributed by atoms with Crippen LogP contribution in [0.3, 0.4) is 0 Å². The molecule has 3 aromatic rings. The molecular formula is C22H21ClN2O4S2. The molecule has 0 spiro atoms. The number of aromatic nitrogens is 1. The smallest absolute Gasteiger partial charge is 0.336 e. The number of hydrogen-bond donors (Lipinski definition) is 2. The molecule has 0 unspecified atom stereocenters. The summed E-state index contributed by atoms with van der Waals surface area (Å²) < 4.78 is 27.9. The van der Waals surface area contributed by atoms with Crippen molar-refractivity contribution < 1.29 is 18.3 Å². The Morgan fingerprint density at radius 3 is 2.42 bits per heavy atom. The van der Waals surface area contributed by atoms with Crippen LogP contribution in [0.2, 0.25) is 5.02 Å². The standard InChI is InChI=1S/C22H21ClN2O4S2/c1-14(2)19-9-8-18(11-20(19)22(26)27)31(28,29)25-17-7-10-21(24-12-17)30-13-15-3-5-16(23)6-4-15/h3-12,14,25H,13H2,1-2H3,(H,26,27). The van der Waals surface area contributed by atoms with Crippen LogP contribution in [-0.4, -0.2) is 24.5 Å². The van der Waals surface area contributed by atoms with E-state index >= 15 is 0 Å². The third-order valence-corrected chi connectivity index (χ3v) is 7.12. The van der Waals surface area contributed by atoms with E-state index in [1.165, 1.54) is 36.2 Å². The molecule has 0 radical (unpaired) electrons. The van der Waals surface area contributed by atoms with Crippen molar-refractivity contribution in [3.8, 4) is 0 Å². The molecule has 162 valence electrons. The van der Waals surface area contributed by atoms with Gasteiger partial charge in [-0.2, -0.15) is 0 Å². The molecule has 31 heavy (non-hydrogen) atoms. The van der Waals surface area contributed by atoms with Crippen LogP contribution in [0, 0.1) is 0 Å². The highest BCUT2D eigenvalue weighted by molar-refractivity contribution is 7.98. The minimum absolute atomic E-state index is 0.0232. The number of pyridine rings is 1. The number of carboxylic acid groups (broad SMARTS) is 1. The number of hydrogen-bond acceptors (Lipinski definition) is 5. The van der Waals surface area contributed by atoms with E-state index in [-0.39, 0.29) is 16.4 Å². The van der Waals surface area contributed by atoms with Crippen LogP contribution in [-0.2, 0) is 15.8 Å². The van der Waals surface area contributed by atoms with Gasteiger partial charge in [0.1, 0.15) is 0 Å². The van der Waals surface area contributed by atoms with Gasteiger partial charge >= 0.3 is 5.97 Å². The van der Waals surface area contributed by atoms with Gasteiger partial charge in [0, 0.05) is 10.8 Å². The molecule has 0 aliphatic rings. The molecule has 0 fully saturated rings. The Labute approximate surface area is 190 Å². The number of nitrogens with zero attached hydrogens (tertiary/aromatic N) is 1. The molecule has 0 bridgehead atoms. The average molecular weight is 477 g/mol. The number of anilines is 1. The van der Waals surface area contributed by atoms with Gasteiger partial charge < -0.3 is 5.11 Å². The maximum Gasteiger partial charge on any atom is 0.336 e. The van der Waals surface area contributed by atoms with Gasteiger partial charge in [-0.25, -0.2) is 18.2 Å². The van der Waals surface area contributed by atoms with Crippen LogP contribution in [0.5, 0.6) is 0 Å². The summed E-state index contributed by atoms with van der Waals surface area (Å²) in [5, 5.41) is 10.9. The minimum Gasteiger partial charge on any atom is -0.478 e. The topological polar surface area (TPSA) is 96.4 Å². The highest BCUT2D eigenvalue weighted by Gasteiger charge is 2.20. The minimum atomic E-state index is -3.96. The fraction of sp³-hybridized carbons (Fsp3) is 0.182. The van der Waals surface area contributed by atoms with Gasteiger partial charge in [-0.1, -0.05) is 43.6 Å². The van der Waals surface area contributed by atoms with Gasteiger partial charge in [0.15, 0.2) is 0 Å². The number of aromatic carboxylic acids is 1. The molecule has 1 heterocycles. The first kappa shape index (κ1) is 23.1. The van der Waals surface area contributed by atoms with Crippen molar-refractivity contribution in [2.45, 2.75) is 35.4 Å². The average Bonchev–Trinajstić information content (AvgIpc) is 2.73. The van der Waals surface area contributed by atoms with Gasteiger partial charge in [0.05, 0.1) is 27.4 Å². The zero-order valence-corrected chi connectivity index (χ0v) is 19.3. The Hall–Kier alpha value is -2.55. The van der Waals surface area contributed by atoms with E-state index in [0.29, 0.717) is 22.0 Å². The number of nitrogens with one attached hydrogen (secondary N) is 1. The highest BCUT2D eigenvalue weighted by atomic mass is 35.5. The number of carboxylic acids is 1. The lowest BCUT2D eigenvalue weighted by atomic mass is 9.97. The molecular weight excluding hydrogens is 456 g/mol. The largest absolute Gasteiger partial charge is 0.478 e. The summed E-state index contributed by atoms with van der Waals surface area (Å²) in [5.74, 6) is -0.502. The normalized spacial score (nSPS) is 11.5. The van der Waals surface area contributed by atoms with Gasteiger partial charge in [-0.3, -0.25) is 4.72 Å². The molecule has 0 amide bonds. The predicted molar refractivity (Wildman–Crippen MR) is 124 cm³/mol. The quantitative estimate of drug-likeness (QED) is 0.408. The van der Waals surface area contributed by atoms with E-state index < -0.39 is 16.0 Å². The van der Waals surface area contributed by atoms with Crippen molar-refractivity contribution in [3.63, 3.8) is 0 Å². The van der Waals surface area contributed by atoms with Gasteiger partial charge in [0.2, 0.25) is 0 Å². The number of sulfonamides is 1. The van der Waals surface area contributed by atoms with Crippen molar-refractivity contribution in [1.82, 2.24) is 4.98 Å². The molecule has 0 saturated heterocycles. The van der Waals surface area contributed by atoms with Crippen LogP contribution in [0.4, 0.5) is 5.69 Å². The van der Waals surface area contributed by atoms with E-state index in [0.717, 1.165) is 10.6 Å². The molecule has 3 rings (SSSR count). The van der Waals surface area contributed by atoms with Crippen LogP contribution >= 0.6 is 23.4 Å². The van der Waals surface area contributed by atoms with Crippen LogP contribution in [0.1, 0.15) is 41.3 Å². The lowest BCUT2D eigenvalue weighted by Crippen LogP contribution is -2.15. The zero-order valence-electron chi connectivity index (χ0n) is 16.9.